The van der Waals surface area contributed by atoms with E-state index in [0.717, 1.165) is 16.8 Å². The predicted molar refractivity (Wildman–Crippen MR) is 112 cm³/mol. The Bertz CT molecular complexity index is 1090. The molecule has 0 saturated carbocycles. The van der Waals surface area contributed by atoms with Crippen LogP contribution >= 0.6 is 11.6 Å². The van der Waals surface area contributed by atoms with E-state index >= 15 is 0 Å². The van der Waals surface area contributed by atoms with Crippen LogP contribution in [0.1, 0.15) is 27.2 Å². The van der Waals surface area contributed by atoms with Crippen molar-refractivity contribution < 1.29 is 18.5 Å². The Balaban J connectivity index is 1.67. The molecule has 0 atom stereocenters. The van der Waals surface area contributed by atoms with E-state index in [0.29, 0.717) is 0 Å². The minimum atomic E-state index is -0.706. The van der Waals surface area contributed by atoms with E-state index in [1.54, 1.807) is 0 Å². The molecule has 0 spiro atoms. The van der Waals surface area contributed by atoms with Crippen molar-refractivity contribution >= 4 is 29.1 Å². The highest BCUT2D eigenvalue weighted by molar-refractivity contribution is 6.33. The van der Waals surface area contributed by atoms with Crippen molar-refractivity contribution in [3.05, 3.63) is 69.7 Å². The third kappa shape index (κ3) is 4.60. The maximum atomic E-state index is 14.2. The number of anilines is 1. The largest absolute Gasteiger partial charge is 0.376 e. The summed E-state index contributed by atoms with van der Waals surface area (Å²) in [5.74, 6) is -1.66. The van der Waals surface area contributed by atoms with E-state index in [9.17, 15) is 14.0 Å². The Labute approximate surface area is 177 Å². The number of nitrogens with zero attached hydrogens (tertiary/aromatic N) is 1. The first-order valence-electron chi connectivity index (χ1n) is 9.09. The van der Waals surface area contributed by atoms with Crippen molar-refractivity contribution in [2.24, 2.45) is 0 Å². The number of carbonyl (C=O) groups is 2. The molecule has 0 bridgehead atoms. The summed E-state index contributed by atoms with van der Waals surface area (Å²) in [6.07, 6.45) is 0. The molecule has 1 heterocycles. The molecule has 3 N–H and O–H groups in total. The van der Waals surface area contributed by atoms with Gasteiger partial charge in [-0.25, -0.2) is 4.39 Å². The summed E-state index contributed by atoms with van der Waals surface area (Å²) in [7, 11) is 0. The monoisotopic (exact) mass is 430 g/mol. The highest BCUT2D eigenvalue weighted by Gasteiger charge is 2.25. The van der Waals surface area contributed by atoms with Gasteiger partial charge in [0, 0.05) is 5.69 Å². The number of halogens is 2. The number of nitrogens with one attached hydrogen (secondary N) is 3. The lowest BCUT2D eigenvalue weighted by Crippen LogP contribution is -2.44. The number of aromatic nitrogens is 1. The third-order valence-electron chi connectivity index (χ3n) is 4.43. The molecule has 0 aliphatic rings. The molecule has 30 heavy (non-hydrogen) atoms. The van der Waals surface area contributed by atoms with Gasteiger partial charge in [0.2, 0.25) is 0 Å². The van der Waals surface area contributed by atoms with Crippen LogP contribution in [0, 0.1) is 26.6 Å². The van der Waals surface area contributed by atoms with Crippen LogP contribution in [-0.4, -0.2) is 23.5 Å². The summed E-state index contributed by atoms with van der Waals surface area (Å²) >= 11 is 6.07. The zero-order chi connectivity index (χ0) is 21.8. The van der Waals surface area contributed by atoms with E-state index in [-0.39, 0.29) is 34.1 Å². The molecule has 156 valence electrons. The molecule has 1 aromatic heterocycles. The molecule has 9 heteroatoms. The second-order valence-corrected chi connectivity index (χ2v) is 7.14. The molecule has 2 amide bonds. The van der Waals surface area contributed by atoms with Gasteiger partial charge in [0.15, 0.2) is 0 Å². The number of aryl methyl sites for hydroxylation is 3. The SMILES string of the molecule is Cc1ccc(NCC(=O)NNC(=O)c2c(-c3c(F)cccc3Cl)noc2C)c(C)c1. The van der Waals surface area contributed by atoms with Gasteiger partial charge in [-0.3, -0.25) is 20.4 Å². The summed E-state index contributed by atoms with van der Waals surface area (Å²) in [5, 5.41) is 6.85. The first kappa shape index (κ1) is 21.3. The minimum Gasteiger partial charge on any atom is -0.376 e. The smallest absolute Gasteiger partial charge is 0.275 e. The van der Waals surface area contributed by atoms with Gasteiger partial charge in [-0.05, 0) is 44.5 Å². The molecule has 3 aromatic rings. The van der Waals surface area contributed by atoms with Crippen molar-refractivity contribution in [2.75, 3.05) is 11.9 Å². The predicted octanol–water partition coefficient (Wildman–Crippen LogP) is 3.93. The van der Waals surface area contributed by atoms with Gasteiger partial charge >= 0.3 is 0 Å². The Kier molecular flexibility index (Phi) is 6.37. The van der Waals surface area contributed by atoms with Crippen molar-refractivity contribution in [3.63, 3.8) is 0 Å². The number of hydrogen-bond donors (Lipinski definition) is 3. The Morgan fingerprint density at radius 2 is 1.90 bits per heavy atom. The van der Waals surface area contributed by atoms with Crippen molar-refractivity contribution in [1.29, 1.82) is 0 Å². The number of amides is 2. The second kappa shape index (κ2) is 8.96. The van der Waals surface area contributed by atoms with Crippen LogP contribution in [0.4, 0.5) is 10.1 Å². The Morgan fingerprint density at radius 3 is 2.60 bits per heavy atom. The van der Waals surface area contributed by atoms with Gasteiger partial charge in [-0.15, -0.1) is 0 Å². The molecule has 0 aliphatic heterocycles. The van der Waals surface area contributed by atoms with Gasteiger partial charge in [-0.1, -0.05) is 40.5 Å². The fourth-order valence-electron chi connectivity index (χ4n) is 2.95. The average molecular weight is 431 g/mol. The van der Waals surface area contributed by atoms with Crippen LogP contribution in [-0.2, 0) is 4.79 Å². The van der Waals surface area contributed by atoms with Crippen LogP contribution in [0.2, 0.25) is 5.02 Å². The quantitative estimate of drug-likeness (QED) is 0.533. The summed E-state index contributed by atoms with van der Waals surface area (Å²) < 4.78 is 19.3. The van der Waals surface area contributed by atoms with E-state index in [1.165, 1.54) is 25.1 Å². The number of benzene rings is 2. The molecule has 2 aromatic carbocycles. The second-order valence-electron chi connectivity index (χ2n) is 6.73. The van der Waals surface area contributed by atoms with E-state index in [4.69, 9.17) is 16.1 Å². The Morgan fingerprint density at radius 1 is 1.13 bits per heavy atom. The zero-order valence-corrected chi connectivity index (χ0v) is 17.4. The van der Waals surface area contributed by atoms with Crippen molar-refractivity contribution in [3.8, 4) is 11.3 Å². The van der Waals surface area contributed by atoms with E-state index in [1.807, 2.05) is 32.0 Å². The van der Waals surface area contributed by atoms with E-state index in [2.05, 4.69) is 21.3 Å². The average Bonchev–Trinajstić information content (AvgIpc) is 3.06. The van der Waals surface area contributed by atoms with Crippen LogP contribution in [0.3, 0.4) is 0 Å². The lowest BCUT2D eigenvalue weighted by molar-refractivity contribution is -0.120. The van der Waals surface area contributed by atoms with E-state index < -0.39 is 17.6 Å². The van der Waals surface area contributed by atoms with Crippen LogP contribution in [0.5, 0.6) is 0 Å². The normalized spacial score (nSPS) is 10.6. The summed E-state index contributed by atoms with van der Waals surface area (Å²) in [6, 6.07) is 9.92. The summed E-state index contributed by atoms with van der Waals surface area (Å²) in [4.78, 5) is 24.7. The van der Waals surface area contributed by atoms with Gasteiger partial charge in [0.05, 0.1) is 17.1 Å². The molecule has 0 saturated heterocycles. The molecular formula is C21H20ClFN4O3. The first-order chi connectivity index (χ1) is 14.3. The highest BCUT2D eigenvalue weighted by Crippen LogP contribution is 2.33. The zero-order valence-electron chi connectivity index (χ0n) is 16.6. The number of carbonyl (C=O) groups excluding carboxylic acids is 2. The van der Waals surface area contributed by atoms with Crippen LogP contribution in [0.15, 0.2) is 40.9 Å². The molecule has 0 unspecified atom stereocenters. The molecule has 0 fully saturated rings. The molecular weight excluding hydrogens is 411 g/mol. The lowest BCUT2D eigenvalue weighted by atomic mass is 10.1. The molecule has 7 nitrogen and oxygen atoms in total. The topological polar surface area (TPSA) is 96.3 Å². The Hall–Kier alpha value is -3.39. The number of hydrogen-bond acceptors (Lipinski definition) is 5. The van der Waals surface area contributed by atoms with Gasteiger partial charge < -0.3 is 9.84 Å². The van der Waals surface area contributed by atoms with Gasteiger partial charge in [0.25, 0.3) is 11.8 Å². The minimum absolute atomic E-state index is 0.0235. The third-order valence-corrected chi connectivity index (χ3v) is 4.74. The maximum absolute atomic E-state index is 14.2. The van der Waals surface area contributed by atoms with Gasteiger partial charge in [-0.2, -0.15) is 0 Å². The fraction of sp³-hybridized carbons (Fsp3) is 0.190. The first-order valence-corrected chi connectivity index (χ1v) is 9.46. The fourth-order valence-corrected chi connectivity index (χ4v) is 3.21. The number of hydrazine groups is 1. The lowest BCUT2D eigenvalue weighted by Gasteiger charge is -2.11. The maximum Gasteiger partial charge on any atom is 0.275 e. The standard InChI is InChI=1S/C21H20ClFN4O3/c1-11-7-8-16(12(2)9-11)24-10-17(28)25-26-21(29)18-13(3)30-27-20(18)19-14(22)5-4-6-15(19)23/h4-9,24H,10H2,1-3H3,(H,25,28)(H,26,29). The number of rotatable bonds is 5. The van der Waals surface area contributed by atoms with Crippen molar-refractivity contribution in [1.82, 2.24) is 16.0 Å². The van der Waals surface area contributed by atoms with Crippen LogP contribution < -0.4 is 16.2 Å². The van der Waals surface area contributed by atoms with Crippen LogP contribution in [0.25, 0.3) is 11.3 Å². The molecule has 3 rings (SSSR count). The highest BCUT2D eigenvalue weighted by atomic mass is 35.5. The summed E-state index contributed by atoms with van der Waals surface area (Å²) in [5.41, 5.74) is 7.41. The molecule has 0 aliphatic carbocycles. The van der Waals surface area contributed by atoms with Crippen molar-refractivity contribution in [2.45, 2.75) is 20.8 Å². The summed E-state index contributed by atoms with van der Waals surface area (Å²) in [6.45, 7) is 5.36. The van der Waals surface area contributed by atoms with Gasteiger partial charge in [0.1, 0.15) is 22.8 Å². The molecule has 0 radical (unpaired) electrons.